The van der Waals surface area contributed by atoms with Crippen molar-refractivity contribution in [3.63, 3.8) is 0 Å². The van der Waals surface area contributed by atoms with E-state index in [1.807, 2.05) is 0 Å². The van der Waals surface area contributed by atoms with Gasteiger partial charge in [0.25, 0.3) is 5.91 Å². The molecule has 1 rings (SSSR count). The summed E-state index contributed by atoms with van der Waals surface area (Å²) in [7, 11) is 3.18. The van der Waals surface area contributed by atoms with Crippen molar-refractivity contribution in [3.05, 3.63) is 28.2 Å². The van der Waals surface area contributed by atoms with Crippen LogP contribution in [-0.2, 0) is 0 Å². The lowest BCUT2D eigenvalue weighted by Gasteiger charge is -2.24. The van der Waals surface area contributed by atoms with Gasteiger partial charge in [0.05, 0.1) is 23.7 Å². The molecule has 1 aromatic carbocycles. The number of methoxy groups -OCH3 is 1. The number of nitrogens with zero attached hydrogens (tertiary/aromatic N) is 1. The number of nitrogens with two attached hydrogens (primary N) is 1. The number of hydrogen-bond acceptors (Lipinski definition) is 3. The summed E-state index contributed by atoms with van der Waals surface area (Å²) in [5.74, 6) is 0.330. The Bertz CT molecular complexity index is 479. The SMILES string of the molecule is COc1cc(Br)ccc1C(=O)N(C)C(C)C(N)=S. The van der Waals surface area contributed by atoms with Gasteiger partial charge in [-0.05, 0) is 25.1 Å². The molecule has 4 nitrogen and oxygen atoms in total. The molecule has 2 N–H and O–H groups in total. The number of rotatable bonds is 4. The lowest BCUT2D eigenvalue weighted by molar-refractivity contribution is 0.0775. The summed E-state index contributed by atoms with van der Waals surface area (Å²) in [6, 6.07) is 4.93. The van der Waals surface area contributed by atoms with E-state index in [-0.39, 0.29) is 16.9 Å². The minimum Gasteiger partial charge on any atom is -0.496 e. The van der Waals surface area contributed by atoms with E-state index < -0.39 is 0 Å². The minimum absolute atomic E-state index is 0.181. The molecule has 1 atom stereocenters. The summed E-state index contributed by atoms with van der Waals surface area (Å²) < 4.78 is 6.04. The number of likely N-dealkylation sites (N-methyl/N-ethyl adjacent to an activating group) is 1. The average Bonchev–Trinajstić information content (AvgIpc) is 2.35. The summed E-state index contributed by atoms with van der Waals surface area (Å²) in [4.78, 5) is 14.1. The van der Waals surface area contributed by atoms with Gasteiger partial charge in [-0.15, -0.1) is 0 Å². The van der Waals surface area contributed by atoms with Crippen LogP contribution in [0.2, 0.25) is 0 Å². The normalized spacial score (nSPS) is 11.8. The fourth-order valence-corrected chi connectivity index (χ4v) is 1.90. The van der Waals surface area contributed by atoms with Crippen LogP contribution in [0.25, 0.3) is 0 Å². The Kier molecular flexibility index (Phi) is 5.10. The molecule has 0 aliphatic carbocycles. The fraction of sp³-hybridized carbons (Fsp3) is 0.333. The van der Waals surface area contributed by atoms with Gasteiger partial charge in [0.15, 0.2) is 0 Å². The molecule has 0 saturated heterocycles. The molecule has 98 valence electrons. The zero-order valence-corrected chi connectivity index (χ0v) is 12.8. The van der Waals surface area contributed by atoms with Crippen molar-refractivity contribution in [2.24, 2.45) is 5.73 Å². The van der Waals surface area contributed by atoms with Gasteiger partial charge in [0.2, 0.25) is 0 Å². The van der Waals surface area contributed by atoms with E-state index in [0.717, 1.165) is 4.47 Å². The van der Waals surface area contributed by atoms with Gasteiger partial charge in [0.1, 0.15) is 5.75 Å². The summed E-state index contributed by atoms with van der Waals surface area (Å²) in [5.41, 5.74) is 6.02. The Morgan fingerprint density at radius 1 is 1.56 bits per heavy atom. The van der Waals surface area contributed by atoms with Crippen molar-refractivity contribution < 1.29 is 9.53 Å². The highest BCUT2D eigenvalue weighted by molar-refractivity contribution is 9.10. The van der Waals surface area contributed by atoms with Crippen LogP contribution in [0, 0.1) is 0 Å². The second kappa shape index (κ2) is 6.15. The molecular weight excluding hydrogens is 316 g/mol. The third kappa shape index (κ3) is 3.20. The quantitative estimate of drug-likeness (QED) is 0.860. The topological polar surface area (TPSA) is 55.6 Å². The standard InChI is InChI=1S/C12H15BrN2O2S/c1-7(11(14)18)15(2)12(16)9-5-4-8(13)6-10(9)17-3/h4-7H,1-3H3,(H2,14,18). The predicted octanol–water partition coefficient (Wildman–Crippen LogP) is 2.20. The highest BCUT2D eigenvalue weighted by Crippen LogP contribution is 2.24. The number of halogens is 1. The van der Waals surface area contributed by atoms with Gasteiger partial charge in [-0.2, -0.15) is 0 Å². The first kappa shape index (κ1) is 14.9. The summed E-state index contributed by atoms with van der Waals surface area (Å²) in [5, 5.41) is 0. The maximum Gasteiger partial charge on any atom is 0.257 e. The van der Waals surface area contributed by atoms with Gasteiger partial charge in [-0.1, -0.05) is 28.1 Å². The third-order valence-corrected chi connectivity index (χ3v) is 3.54. The molecule has 0 fully saturated rings. The van der Waals surface area contributed by atoms with E-state index >= 15 is 0 Å². The maximum atomic E-state index is 12.3. The van der Waals surface area contributed by atoms with Crippen molar-refractivity contribution in [2.75, 3.05) is 14.2 Å². The first-order chi connectivity index (χ1) is 8.38. The lowest BCUT2D eigenvalue weighted by Crippen LogP contribution is -2.42. The smallest absolute Gasteiger partial charge is 0.257 e. The van der Waals surface area contributed by atoms with Crippen LogP contribution in [-0.4, -0.2) is 36.0 Å². The largest absolute Gasteiger partial charge is 0.496 e. The molecular formula is C12H15BrN2O2S. The van der Waals surface area contributed by atoms with Crippen molar-refractivity contribution in [1.82, 2.24) is 4.90 Å². The number of ether oxygens (including phenoxy) is 1. The van der Waals surface area contributed by atoms with Crippen LogP contribution in [0.3, 0.4) is 0 Å². The molecule has 0 saturated carbocycles. The Labute approximate surface area is 120 Å². The van der Waals surface area contributed by atoms with Gasteiger partial charge >= 0.3 is 0 Å². The molecule has 0 heterocycles. The molecule has 1 unspecified atom stereocenters. The number of benzene rings is 1. The molecule has 0 bridgehead atoms. The van der Waals surface area contributed by atoms with Gasteiger partial charge in [0, 0.05) is 11.5 Å². The number of amides is 1. The summed E-state index contributed by atoms with van der Waals surface area (Å²) in [6.07, 6.45) is 0. The van der Waals surface area contributed by atoms with Gasteiger partial charge < -0.3 is 15.4 Å². The Morgan fingerprint density at radius 3 is 2.67 bits per heavy atom. The van der Waals surface area contributed by atoms with Crippen molar-refractivity contribution in [2.45, 2.75) is 13.0 Å². The van der Waals surface area contributed by atoms with Crippen LogP contribution in [0.1, 0.15) is 17.3 Å². The Morgan fingerprint density at radius 2 is 2.17 bits per heavy atom. The highest BCUT2D eigenvalue weighted by atomic mass is 79.9. The number of carbonyl (C=O) groups is 1. The van der Waals surface area contributed by atoms with Gasteiger partial charge in [-0.25, -0.2) is 0 Å². The molecule has 0 aromatic heterocycles. The van der Waals surface area contributed by atoms with E-state index in [0.29, 0.717) is 11.3 Å². The van der Waals surface area contributed by atoms with E-state index in [1.54, 1.807) is 32.2 Å². The summed E-state index contributed by atoms with van der Waals surface area (Å²) >= 11 is 8.22. The van der Waals surface area contributed by atoms with E-state index in [9.17, 15) is 4.79 Å². The van der Waals surface area contributed by atoms with Crippen molar-refractivity contribution >= 4 is 39.0 Å². The molecule has 0 spiro atoms. The lowest BCUT2D eigenvalue weighted by atomic mass is 10.1. The van der Waals surface area contributed by atoms with Crippen molar-refractivity contribution in [3.8, 4) is 5.75 Å². The molecule has 1 amide bonds. The van der Waals surface area contributed by atoms with Crippen molar-refractivity contribution in [1.29, 1.82) is 0 Å². The van der Waals surface area contributed by atoms with Crippen LogP contribution in [0.5, 0.6) is 5.75 Å². The average molecular weight is 331 g/mol. The maximum absolute atomic E-state index is 12.3. The predicted molar refractivity (Wildman–Crippen MR) is 79.0 cm³/mol. The fourth-order valence-electron chi connectivity index (χ4n) is 1.40. The zero-order chi connectivity index (χ0) is 13.9. The van der Waals surface area contributed by atoms with E-state index in [1.165, 1.54) is 12.0 Å². The number of hydrogen-bond donors (Lipinski definition) is 1. The molecule has 0 aliphatic heterocycles. The first-order valence-electron chi connectivity index (χ1n) is 5.28. The Hall–Kier alpha value is -1.14. The van der Waals surface area contributed by atoms with Crippen LogP contribution in [0.15, 0.2) is 22.7 Å². The van der Waals surface area contributed by atoms with Gasteiger partial charge in [-0.3, -0.25) is 4.79 Å². The van der Waals surface area contributed by atoms with Crippen LogP contribution >= 0.6 is 28.1 Å². The monoisotopic (exact) mass is 330 g/mol. The minimum atomic E-state index is -0.305. The second-order valence-corrected chi connectivity index (χ2v) is 5.23. The zero-order valence-electron chi connectivity index (χ0n) is 10.4. The van der Waals surface area contributed by atoms with E-state index in [2.05, 4.69) is 15.9 Å². The van der Waals surface area contributed by atoms with Crippen LogP contribution < -0.4 is 10.5 Å². The second-order valence-electron chi connectivity index (χ2n) is 3.84. The van der Waals surface area contributed by atoms with Crippen LogP contribution in [0.4, 0.5) is 0 Å². The Balaban J connectivity index is 3.07. The van der Waals surface area contributed by atoms with E-state index in [4.69, 9.17) is 22.7 Å². The molecule has 0 radical (unpaired) electrons. The number of thiocarbonyl (C=S) groups is 1. The third-order valence-electron chi connectivity index (χ3n) is 2.71. The first-order valence-corrected chi connectivity index (χ1v) is 6.48. The number of carbonyl (C=O) groups excluding carboxylic acids is 1. The highest BCUT2D eigenvalue weighted by Gasteiger charge is 2.22. The molecule has 6 heteroatoms. The molecule has 18 heavy (non-hydrogen) atoms. The molecule has 1 aromatic rings. The molecule has 0 aliphatic rings. The summed E-state index contributed by atoms with van der Waals surface area (Å²) in [6.45, 7) is 1.78.